The zero-order valence-electron chi connectivity index (χ0n) is 25.2. The predicted molar refractivity (Wildman–Crippen MR) is 198 cm³/mol. The Labute approximate surface area is 274 Å². The number of thiophene rings is 1. The number of aromatic nitrogens is 2. The van der Waals surface area contributed by atoms with Crippen molar-refractivity contribution in [1.29, 1.82) is 5.26 Å². The van der Waals surface area contributed by atoms with Gasteiger partial charge in [-0.15, -0.1) is 11.3 Å². The van der Waals surface area contributed by atoms with E-state index in [1.165, 1.54) is 63.8 Å². The summed E-state index contributed by atoms with van der Waals surface area (Å²) in [5.74, 6) is 0. The average Bonchev–Trinajstić information content (AvgIpc) is 3.78. The number of para-hydroxylation sites is 3. The molecule has 0 aliphatic rings. The van der Waals surface area contributed by atoms with Gasteiger partial charge < -0.3 is 9.13 Å². The number of fused-ring (bicyclic) bond motifs is 9. The first kappa shape index (κ1) is 26.1. The van der Waals surface area contributed by atoms with E-state index in [0.29, 0.717) is 5.56 Å². The van der Waals surface area contributed by atoms with E-state index in [9.17, 15) is 5.26 Å². The van der Waals surface area contributed by atoms with Gasteiger partial charge in [0.25, 0.3) is 0 Å². The lowest BCUT2D eigenvalue weighted by Crippen LogP contribution is -1.95. The Morgan fingerprint density at radius 3 is 1.57 bits per heavy atom. The molecule has 0 bridgehead atoms. The first-order valence-electron chi connectivity index (χ1n) is 15.7. The van der Waals surface area contributed by atoms with Crippen molar-refractivity contribution in [3.05, 3.63) is 157 Å². The Morgan fingerprint density at radius 1 is 0.426 bits per heavy atom. The molecule has 218 valence electrons. The van der Waals surface area contributed by atoms with Crippen molar-refractivity contribution in [3.63, 3.8) is 0 Å². The Hall–Kier alpha value is -6.15. The van der Waals surface area contributed by atoms with Gasteiger partial charge in [0.1, 0.15) is 0 Å². The molecule has 4 heteroatoms. The first-order valence-corrected chi connectivity index (χ1v) is 16.6. The molecule has 0 saturated carbocycles. The van der Waals surface area contributed by atoms with Crippen LogP contribution in [0.4, 0.5) is 0 Å². The molecule has 3 aromatic heterocycles. The van der Waals surface area contributed by atoms with Gasteiger partial charge in [-0.05, 0) is 83.9 Å². The van der Waals surface area contributed by atoms with E-state index in [1.807, 2.05) is 35.6 Å². The quantitative estimate of drug-likeness (QED) is 0.195. The zero-order valence-corrected chi connectivity index (χ0v) is 26.0. The molecule has 0 fully saturated rings. The van der Waals surface area contributed by atoms with Crippen LogP contribution in [0.3, 0.4) is 0 Å². The van der Waals surface area contributed by atoms with Crippen molar-refractivity contribution >= 4 is 75.1 Å². The normalized spacial score (nSPS) is 11.8. The third-order valence-corrected chi connectivity index (χ3v) is 10.7. The summed E-state index contributed by atoms with van der Waals surface area (Å²) in [7, 11) is 0. The number of hydrogen-bond donors (Lipinski definition) is 0. The van der Waals surface area contributed by atoms with Crippen LogP contribution >= 0.6 is 11.3 Å². The molecule has 47 heavy (non-hydrogen) atoms. The molecule has 0 saturated heterocycles. The summed E-state index contributed by atoms with van der Waals surface area (Å²) < 4.78 is 7.29. The molecule has 10 rings (SSSR count). The molecule has 7 aromatic carbocycles. The van der Waals surface area contributed by atoms with Gasteiger partial charge in [-0.2, -0.15) is 5.26 Å². The Balaban J connectivity index is 1.20. The van der Waals surface area contributed by atoms with Crippen LogP contribution in [0.5, 0.6) is 0 Å². The fraction of sp³-hybridized carbons (Fsp3) is 0. The lowest BCUT2D eigenvalue weighted by Gasteiger charge is -2.11. The minimum absolute atomic E-state index is 0.692. The van der Waals surface area contributed by atoms with Crippen molar-refractivity contribution in [3.8, 4) is 28.6 Å². The van der Waals surface area contributed by atoms with E-state index < -0.39 is 0 Å². The van der Waals surface area contributed by atoms with Crippen LogP contribution in [0.15, 0.2) is 152 Å². The first-order chi connectivity index (χ1) is 23.3. The molecule has 10 aromatic rings. The second-order valence-electron chi connectivity index (χ2n) is 12.1. The van der Waals surface area contributed by atoms with Gasteiger partial charge in [-0.1, -0.05) is 78.9 Å². The molecule has 0 N–H and O–H groups in total. The minimum Gasteiger partial charge on any atom is -0.309 e. The summed E-state index contributed by atoms with van der Waals surface area (Å²) in [5.41, 5.74) is 9.80. The summed E-state index contributed by atoms with van der Waals surface area (Å²) in [5, 5.41) is 17.2. The van der Waals surface area contributed by atoms with E-state index in [0.717, 1.165) is 22.5 Å². The third-order valence-electron chi connectivity index (χ3n) is 9.56. The van der Waals surface area contributed by atoms with Crippen LogP contribution in [0.25, 0.3) is 86.3 Å². The maximum atomic E-state index is 9.75. The molecule has 0 aliphatic heterocycles. The van der Waals surface area contributed by atoms with Crippen LogP contribution in [-0.4, -0.2) is 9.13 Å². The summed E-state index contributed by atoms with van der Waals surface area (Å²) in [4.78, 5) is 0. The largest absolute Gasteiger partial charge is 0.309 e. The van der Waals surface area contributed by atoms with Crippen molar-refractivity contribution < 1.29 is 0 Å². The van der Waals surface area contributed by atoms with Gasteiger partial charge >= 0.3 is 0 Å². The van der Waals surface area contributed by atoms with Crippen molar-refractivity contribution in [2.45, 2.75) is 0 Å². The van der Waals surface area contributed by atoms with E-state index in [-0.39, 0.29) is 0 Å². The lowest BCUT2D eigenvalue weighted by atomic mass is 9.98. The number of nitriles is 1. The summed E-state index contributed by atoms with van der Waals surface area (Å²) in [6.07, 6.45) is 0. The van der Waals surface area contributed by atoms with Gasteiger partial charge in [-0.25, -0.2) is 0 Å². The van der Waals surface area contributed by atoms with E-state index >= 15 is 0 Å². The third kappa shape index (κ3) is 3.78. The SMILES string of the molecule is N#Cc1ccccc1-c1ccc2sc3ccc(-n4c5ccccc5c5cc(-n6c7ccccc7c7ccccc76)ccc54)cc3c2c1. The van der Waals surface area contributed by atoms with E-state index in [4.69, 9.17) is 0 Å². The summed E-state index contributed by atoms with van der Waals surface area (Å²) >= 11 is 1.81. The Morgan fingerprint density at radius 2 is 0.915 bits per heavy atom. The van der Waals surface area contributed by atoms with Crippen molar-refractivity contribution in [2.75, 3.05) is 0 Å². The molecule has 0 atom stereocenters. The van der Waals surface area contributed by atoms with Gasteiger partial charge in [0.05, 0.1) is 33.7 Å². The fourth-order valence-corrected chi connectivity index (χ4v) is 8.55. The van der Waals surface area contributed by atoms with Crippen LogP contribution in [0.2, 0.25) is 0 Å². The van der Waals surface area contributed by atoms with Gasteiger partial charge in [0, 0.05) is 53.1 Å². The summed E-state index contributed by atoms with van der Waals surface area (Å²) in [6.45, 7) is 0. The number of benzene rings is 7. The van der Waals surface area contributed by atoms with Crippen LogP contribution in [-0.2, 0) is 0 Å². The van der Waals surface area contributed by atoms with Crippen LogP contribution in [0, 0.1) is 11.3 Å². The maximum Gasteiger partial charge on any atom is 0.0998 e. The average molecular weight is 616 g/mol. The Kier molecular flexibility index (Phi) is 5.51. The highest BCUT2D eigenvalue weighted by Gasteiger charge is 2.17. The lowest BCUT2D eigenvalue weighted by molar-refractivity contribution is 1.17. The second kappa shape index (κ2) is 9.92. The highest BCUT2D eigenvalue weighted by atomic mass is 32.1. The minimum atomic E-state index is 0.692. The predicted octanol–water partition coefficient (Wildman–Crippen LogP) is 11.8. The summed E-state index contributed by atoms with van der Waals surface area (Å²) in [6, 6.07) is 56.6. The fourth-order valence-electron chi connectivity index (χ4n) is 7.48. The molecule has 0 amide bonds. The van der Waals surface area contributed by atoms with E-state index in [1.54, 1.807) is 0 Å². The molecular formula is C43H25N3S. The molecule has 0 unspecified atom stereocenters. The van der Waals surface area contributed by atoms with Crippen LogP contribution in [0.1, 0.15) is 5.56 Å². The van der Waals surface area contributed by atoms with E-state index in [2.05, 4.69) is 143 Å². The number of rotatable bonds is 3. The van der Waals surface area contributed by atoms with Crippen LogP contribution < -0.4 is 0 Å². The highest BCUT2D eigenvalue weighted by molar-refractivity contribution is 7.25. The second-order valence-corrected chi connectivity index (χ2v) is 13.2. The molecule has 3 heterocycles. The van der Waals surface area contributed by atoms with Gasteiger partial charge in [0.15, 0.2) is 0 Å². The maximum absolute atomic E-state index is 9.75. The molecule has 0 aliphatic carbocycles. The molecule has 0 spiro atoms. The number of hydrogen-bond acceptors (Lipinski definition) is 2. The van der Waals surface area contributed by atoms with Gasteiger partial charge in [-0.3, -0.25) is 0 Å². The molecule has 0 radical (unpaired) electrons. The van der Waals surface area contributed by atoms with Crippen molar-refractivity contribution in [2.24, 2.45) is 0 Å². The highest BCUT2D eigenvalue weighted by Crippen LogP contribution is 2.41. The van der Waals surface area contributed by atoms with Gasteiger partial charge in [0.2, 0.25) is 0 Å². The molecule has 3 nitrogen and oxygen atoms in total. The molecular weight excluding hydrogens is 591 g/mol. The standard InChI is InChI=1S/C43H25N3S/c44-26-28-9-1-2-10-31(28)27-17-21-42-36(23-27)37-25-30(19-22-43(37)47-42)46-40-16-8-5-13-34(40)35-24-29(18-20-41(35)46)45-38-14-6-3-11-32(38)33-12-4-7-15-39(33)45/h1-25H. The van der Waals surface area contributed by atoms with Crippen molar-refractivity contribution in [1.82, 2.24) is 9.13 Å². The smallest absolute Gasteiger partial charge is 0.0998 e. The topological polar surface area (TPSA) is 33.6 Å². The number of nitrogens with zero attached hydrogens (tertiary/aromatic N) is 3. The zero-order chi connectivity index (χ0) is 31.1. The monoisotopic (exact) mass is 615 g/mol. The Bertz CT molecular complexity index is 2880.